The van der Waals surface area contributed by atoms with Gasteiger partial charge in [-0.2, -0.15) is 0 Å². The largest absolute Gasteiger partial charge is 0.465 e. The van der Waals surface area contributed by atoms with Crippen LogP contribution in [0.25, 0.3) is 10.9 Å². The van der Waals surface area contributed by atoms with E-state index in [2.05, 4.69) is 9.71 Å². The summed E-state index contributed by atoms with van der Waals surface area (Å²) in [5, 5.41) is 12.2. The number of esters is 1. The number of benzene rings is 2. The number of carbonyl (C=O) groups excluding carboxylic acids is 1. The van der Waals surface area contributed by atoms with Crippen LogP contribution in [0.5, 0.6) is 0 Å². The minimum atomic E-state index is -0.644. The molecule has 1 atom stereocenters. The summed E-state index contributed by atoms with van der Waals surface area (Å²) in [5.41, 5.74) is 1.95. The zero-order valence-corrected chi connectivity index (χ0v) is 15.5. The number of nitro groups is 1. The molecule has 0 radical (unpaired) electrons. The van der Waals surface area contributed by atoms with Crippen LogP contribution in [0.4, 0.5) is 5.69 Å². The summed E-state index contributed by atoms with van der Waals surface area (Å²) in [7, 11) is 0. The summed E-state index contributed by atoms with van der Waals surface area (Å²) in [4.78, 5) is 26.8. The van der Waals surface area contributed by atoms with Crippen LogP contribution in [-0.4, -0.2) is 28.5 Å². The third-order valence-electron chi connectivity index (χ3n) is 4.04. The lowest BCUT2D eigenvalue weighted by Crippen LogP contribution is -2.36. The van der Waals surface area contributed by atoms with Crippen molar-refractivity contribution in [2.75, 3.05) is 6.61 Å². The van der Waals surface area contributed by atoms with Crippen LogP contribution in [0.15, 0.2) is 59.6 Å². The number of hydrogen-bond acceptors (Lipinski definition) is 6. The van der Waals surface area contributed by atoms with Crippen molar-refractivity contribution < 1.29 is 14.5 Å². The van der Waals surface area contributed by atoms with Gasteiger partial charge in [0.05, 0.1) is 11.5 Å². The standard InChI is InChI=1S/C19H19N3O4S/c1-2-26-19(23)16(11-13-12-20-15-8-4-3-7-14(13)15)21-27-18-10-6-5-9-17(18)22(24)25/h3-10,12,16,20-21H,2,11H2,1H3/t16-/m0/s1. The molecule has 0 aliphatic heterocycles. The van der Waals surface area contributed by atoms with Crippen molar-refractivity contribution in [3.8, 4) is 0 Å². The van der Waals surface area contributed by atoms with Gasteiger partial charge in [-0.05, 0) is 36.6 Å². The van der Waals surface area contributed by atoms with Crippen molar-refractivity contribution in [3.05, 3.63) is 70.4 Å². The topological polar surface area (TPSA) is 97.3 Å². The second-order valence-corrected chi connectivity index (χ2v) is 6.69. The van der Waals surface area contributed by atoms with Gasteiger partial charge in [0.15, 0.2) is 0 Å². The highest BCUT2D eigenvalue weighted by Gasteiger charge is 2.23. The summed E-state index contributed by atoms with van der Waals surface area (Å²) in [6.45, 7) is 2.01. The van der Waals surface area contributed by atoms with Crippen LogP contribution in [0.3, 0.4) is 0 Å². The molecule has 0 bridgehead atoms. The number of para-hydroxylation sites is 2. The fourth-order valence-corrected chi connectivity index (χ4v) is 3.61. The molecular formula is C19H19N3O4S. The van der Waals surface area contributed by atoms with Gasteiger partial charge in [0.2, 0.25) is 0 Å². The van der Waals surface area contributed by atoms with E-state index in [-0.39, 0.29) is 12.3 Å². The molecule has 0 amide bonds. The molecule has 1 aromatic heterocycles. The number of aromatic nitrogens is 1. The lowest BCUT2D eigenvalue weighted by molar-refractivity contribution is -0.387. The lowest BCUT2D eigenvalue weighted by Gasteiger charge is -2.16. The Bertz CT molecular complexity index is 957. The molecule has 0 spiro atoms. The van der Waals surface area contributed by atoms with E-state index in [1.54, 1.807) is 25.1 Å². The minimum absolute atomic E-state index is 0.00953. The molecule has 8 heteroatoms. The van der Waals surface area contributed by atoms with Gasteiger partial charge in [0, 0.05) is 29.6 Å². The van der Waals surface area contributed by atoms with E-state index in [0.29, 0.717) is 11.3 Å². The van der Waals surface area contributed by atoms with E-state index < -0.39 is 16.9 Å². The van der Waals surface area contributed by atoms with E-state index in [0.717, 1.165) is 28.4 Å². The molecule has 0 aliphatic carbocycles. The Labute approximate surface area is 160 Å². The Balaban J connectivity index is 1.80. The Morgan fingerprint density at radius 2 is 2.00 bits per heavy atom. The van der Waals surface area contributed by atoms with Gasteiger partial charge in [-0.15, -0.1) is 0 Å². The van der Waals surface area contributed by atoms with Gasteiger partial charge in [-0.25, -0.2) is 4.72 Å². The predicted molar refractivity (Wildman–Crippen MR) is 105 cm³/mol. The van der Waals surface area contributed by atoms with E-state index >= 15 is 0 Å². The average molecular weight is 385 g/mol. The summed E-state index contributed by atoms with van der Waals surface area (Å²) in [6, 6.07) is 13.6. The number of hydrogen-bond donors (Lipinski definition) is 2. The van der Waals surface area contributed by atoms with Crippen molar-refractivity contribution >= 4 is 34.5 Å². The lowest BCUT2D eigenvalue weighted by atomic mass is 10.1. The SMILES string of the molecule is CCOC(=O)[C@H](Cc1c[nH]c2ccccc12)NSc1ccccc1[N+](=O)[O-]. The average Bonchev–Trinajstić information content (AvgIpc) is 3.08. The molecule has 0 fully saturated rings. The molecule has 3 rings (SSSR count). The Hall–Kier alpha value is -2.84. The number of ether oxygens (including phenoxy) is 1. The molecule has 3 aromatic rings. The minimum Gasteiger partial charge on any atom is -0.465 e. The van der Waals surface area contributed by atoms with Crippen molar-refractivity contribution in [2.45, 2.75) is 24.3 Å². The van der Waals surface area contributed by atoms with E-state index in [1.165, 1.54) is 6.07 Å². The van der Waals surface area contributed by atoms with Crippen molar-refractivity contribution in [3.63, 3.8) is 0 Å². The predicted octanol–water partition coefficient (Wildman–Crippen LogP) is 3.85. The van der Waals surface area contributed by atoms with Crippen LogP contribution >= 0.6 is 11.9 Å². The van der Waals surface area contributed by atoms with Crippen LogP contribution < -0.4 is 4.72 Å². The highest BCUT2D eigenvalue weighted by Crippen LogP contribution is 2.28. The summed E-state index contributed by atoms with van der Waals surface area (Å²) in [5.74, 6) is -0.395. The summed E-state index contributed by atoms with van der Waals surface area (Å²) < 4.78 is 8.21. The number of nitrogens with zero attached hydrogens (tertiary/aromatic N) is 1. The van der Waals surface area contributed by atoms with E-state index in [9.17, 15) is 14.9 Å². The zero-order valence-electron chi connectivity index (χ0n) is 14.7. The molecule has 0 saturated heterocycles. The molecular weight excluding hydrogens is 366 g/mol. The molecule has 27 heavy (non-hydrogen) atoms. The number of nitro benzene ring substituents is 1. The first kappa shape index (κ1) is 18.9. The van der Waals surface area contributed by atoms with E-state index in [1.807, 2.05) is 30.5 Å². The third-order valence-corrected chi connectivity index (χ3v) is 5.01. The van der Waals surface area contributed by atoms with Crippen LogP contribution in [0, 0.1) is 10.1 Å². The third kappa shape index (κ3) is 4.47. The first-order valence-corrected chi connectivity index (χ1v) is 9.29. The number of nitrogens with one attached hydrogen (secondary N) is 2. The second kappa shape index (κ2) is 8.70. The van der Waals surface area contributed by atoms with Crippen molar-refractivity contribution in [2.24, 2.45) is 0 Å². The first-order valence-electron chi connectivity index (χ1n) is 8.47. The Kier molecular flexibility index (Phi) is 6.10. The molecule has 0 unspecified atom stereocenters. The number of aromatic amines is 1. The van der Waals surface area contributed by atoms with E-state index in [4.69, 9.17) is 4.74 Å². The zero-order chi connectivity index (χ0) is 19.2. The van der Waals surface area contributed by atoms with Gasteiger partial charge in [0.1, 0.15) is 10.9 Å². The first-order chi connectivity index (χ1) is 13.1. The van der Waals surface area contributed by atoms with Gasteiger partial charge < -0.3 is 9.72 Å². The molecule has 1 heterocycles. The normalized spacial score (nSPS) is 12.0. The highest BCUT2D eigenvalue weighted by atomic mass is 32.2. The molecule has 0 saturated carbocycles. The van der Waals surface area contributed by atoms with Crippen molar-refractivity contribution in [1.82, 2.24) is 9.71 Å². The number of fused-ring (bicyclic) bond motifs is 1. The fraction of sp³-hybridized carbons (Fsp3) is 0.211. The fourth-order valence-electron chi connectivity index (χ4n) is 2.77. The molecule has 140 valence electrons. The van der Waals surface area contributed by atoms with Gasteiger partial charge in [-0.3, -0.25) is 14.9 Å². The maximum atomic E-state index is 12.4. The van der Waals surface area contributed by atoms with Gasteiger partial charge in [-0.1, -0.05) is 30.3 Å². The monoisotopic (exact) mass is 385 g/mol. The van der Waals surface area contributed by atoms with Crippen LogP contribution in [0.2, 0.25) is 0 Å². The highest BCUT2D eigenvalue weighted by molar-refractivity contribution is 7.97. The molecule has 2 N–H and O–H groups in total. The van der Waals surface area contributed by atoms with Crippen LogP contribution in [0.1, 0.15) is 12.5 Å². The maximum Gasteiger partial charge on any atom is 0.324 e. The summed E-state index contributed by atoms with van der Waals surface area (Å²) in [6.07, 6.45) is 2.27. The van der Waals surface area contributed by atoms with Crippen LogP contribution in [-0.2, 0) is 16.0 Å². The molecule has 2 aromatic carbocycles. The molecule has 0 aliphatic rings. The maximum absolute atomic E-state index is 12.4. The van der Waals surface area contributed by atoms with Crippen molar-refractivity contribution in [1.29, 1.82) is 0 Å². The quantitative estimate of drug-likeness (QED) is 0.265. The molecule has 7 nitrogen and oxygen atoms in total. The van der Waals surface area contributed by atoms with Gasteiger partial charge >= 0.3 is 5.97 Å². The second-order valence-electron chi connectivity index (χ2n) is 5.81. The Morgan fingerprint density at radius 1 is 1.26 bits per heavy atom. The number of H-pyrrole nitrogens is 1. The Morgan fingerprint density at radius 3 is 2.78 bits per heavy atom. The smallest absolute Gasteiger partial charge is 0.324 e. The van der Waals surface area contributed by atoms with Gasteiger partial charge in [0.25, 0.3) is 5.69 Å². The number of carbonyl (C=O) groups is 1. The number of rotatable bonds is 8. The summed E-state index contributed by atoms with van der Waals surface area (Å²) >= 11 is 1.06.